The van der Waals surface area contributed by atoms with Crippen LogP contribution in [0.5, 0.6) is 17.2 Å². The Labute approximate surface area is 127 Å². The van der Waals surface area contributed by atoms with Crippen molar-refractivity contribution in [3.8, 4) is 17.2 Å². The highest BCUT2D eigenvalue weighted by Gasteiger charge is 2.20. The second kappa shape index (κ2) is 5.84. The first kappa shape index (κ1) is 14.0. The smallest absolute Gasteiger partial charge is 0.157 e. The minimum absolute atomic E-state index is 0.0759. The lowest BCUT2D eigenvalue weighted by Crippen LogP contribution is -2.39. The van der Waals surface area contributed by atoms with Crippen LogP contribution in [0.1, 0.15) is 11.1 Å². The molecule has 0 radical (unpaired) electrons. The number of benzene rings is 2. The molecular formula is C16H16ClNO3. The summed E-state index contributed by atoms with van der Waals surface area (Å²) < 4.78 is 5.74. The van der Waals surface area contributed by atoms with Gasteiger partial charge in [0.2, 0.25) is 0 Å². The molecule has 0 spiro atoms. The molecule has 0 aliphatic carbocycles. The largest absolute Gasteiger partial charge is 0.504 e. The number of phenols is 2. The van der Waals surface area contributed by atoms with E-state index in [1.165, 1.54) is 0 Å². The molecule has 21 heavy (non-hydrogen) atoms. The monoisotopic (exact) mass is 305 g/mol. The maximum atomic E-state index is 9.58. The van der Waals surface area contributed by atoms with Crippen LogP contribution in [0.15, 0.2) is 36.4 Å². The van der Waals surface area contributed by atoms with E-state index in [1.54, 1.807) is 24.3 Å². The molecule has 0 bridgehead atoms. The van der Waals surface area contributed by atoms with E-state index in [1.807, 2.05) is 12.1 Å². The second-order valence-electron chi connectivity index (χ2n) is 5.16. The van der Waals surface area contributed by atoms with Gasteiger partial charge < -0.3 is 20.3 Å². The van der Waals surface area contributed by atoms with Gasteiger partial charge in [0, 0.05) is 17.6 Å². The molecule has 1 unspecified atom stereocenters. The number of nitrogens with one attached hydrogen (secondary N) is 1. The van der Waals surface area contributed by atoms with Gasteiger partial charge in [-0.05, 0) is 53.9 Å². The molecule has 2 aromatic carbocycles. The van der Waals surface area contributed by atoms with Gasteiger partial charge in [-0.2, -0.15) is 0 Å². The molecule has 3 N–H and O–H groups in total. The molecule has 1 atom stereocenters. The Balaban J connectivity index is 1.63. The summed E-state index contributed by atoms with van der Waals surface area (Å²) in [6.07, 6.45) is 0.747. The first-order valence-corrected chi connectivity index (χ1v) is 7.15. The Bertz CT molecular complexity index is 643. The number of phenolic OH excluding ortho intramolecular Hbond substituents is 2. The highest BCUT2D eigenvalue weighted by Crippen LogP contribution is 2.30. The van der Waals surface area contributed by atoms with E-state index in [2.05, 4.69) is 5.32 Å². The van der Waals surface area contributed by atoms with Gasteiger partial charge in [-0.25, -0.2) is 0 Å². The Hall–Kier alpha value is -1.91. The Morgan fingerprint density at radius 2 is 1.76 bits per heavy atom. The predicted molar refractivity (Wildman–Crippen MR) is 81.1 cm³/mol. The van der Waals surface area contributed by atoms with E-state index < -0.39 is 0 Å². The number of aromatic hydroxyl groups is 2. The molecule has 2 aromatic rings. The van der Waals surface area contributed by atoms with Gasteiger partial charge in [-0.1, -0.05) is 11.6 Å². The van der Waals surface area contributed by atoms with Gasteiger partial charge in [-0.15, -0.1) is 0 Å². The zero-order valence-corrected chi connectivity index (χ0v) is 12.1. The lowest BCUT2D eigenvalue weighted by molar-refractivity contribution is 0.256. The summed E-state index contributed by atoms with van der Waals surface area (Å²) >= 11 is 5.83. The lowest BCUT2D eigenvalue weighted by atomic mass is 9.95. The molecule has 5 heteroatoms. The average Bonchev–Trinajstić information content (AvgIpc) is 2.48. The minimum Gasteiger partial charge on any atom is -0.504 e. The normalized spacial score (nSPS) is 17.3. The predicted octanol–water partition coefficient (Wildman–Crippen LogP) is 2.84. The first-order chi connectivity index (χ1) is 10.1. The third-order valence-electron chi connectivity index (χ3n) is 3.61. The zero-order valence-electron chi connectivity index (χ0n) is 11.3. The Kier molecular flexibility index (Phi) is 3.90. The van der Waals surface area contributed by atoms with E-state index in [9.17, 15) is 10.2 Å². The van der Waals surface area contributed by atoms with Crippen molar-refractivity contribution in [2.45, 2.75) is 19.0 Å². The fourth-order valence-corrected chi connectivity index (χ4v) is 2.58. The third-order valence-corrected chi connectivity index (χ3v) is 3.86. The van der Waals surface area contributed by atoms with Crippen molar-refractivity contribution in [1.82, 2.24) is 5.32 Å². The number of rotatable bonds is 3. The van der Waals surface area contributed by atoms with Gasteiger partial charge in [0.25, 0.3) is 0 Å². The summed E-state index contributed by atoms with van der Waals surface area (Å²) in [5.74, 6) is 0.625. The molecule has 0 amide bonds. The minimum atomic E-state index is -0.0774. The summed E-state index contributed by atoms with van der Waals surface area (Å²) in [7, 11) is 0. The summed E-state index contributed by atoms with van der Waals surface area (Å²) in [6.45, 7) is 1.18. The van der Waals surface area contributed by atoms with Gasteiger partial charge in [0.15, 0.2) is 11.5 Å². The number of ether oxygens (including phenoxy) is 1. The van der Waals surface area contributed by atoms with Crippen LogP contribution in [0.2, 0.25) is 5.02 Å². The molecule has 1 aliphatic rings. The maximum absolute atomic E-state index is 9.58. The van der Waals surface area contributed by atoms with Crippen LogP contribution in [0.4, 0.5) is 0 Å². The molecule has 0 fully saturated rings. The SMILES string of the molecule is Oc1cc2c(cc1O)CC(COc1ccc(Cl)cc1)NC2. The Morgan fingerprint density at radius 1 is 1.10 bits per heavy atom. The number of fused-ring (bicyclic) bond motifs is 1. The van der Waals surface area contributed by atoms with E-state index in [0.717, 1.165) is 23.3 Å². The summed E-state index contributed by atoms with van der Waals surface area (Å²) in [6, 6.07) is 10.7. The van der Waals surface area contributed by atoms with Crippen molar-refractivity contribution in [3.63, 3.8) is 0 Å². The molecule has 0 saturated heterocycles. The van der Waals surface area contributed by atoms with E-state index >= 15 is 0 Å². The molecule has 0 saturated carbocycles. The van der Waals surface area contributed by atoms with Crippen LogP contribution in [0, 0.1) is 0 Å². The highest BCUT2D eigenvalue weighted by atomic mass is 35.5. The fourth-order valence-electron chi connectivity index (χ4n) is 2.46. The third kappa shape index (κ3) is 3.23. The van der Waals surface area contributed by atoms with Crippen molar-refractivity contribution in [1.29, 1.82) is 0 Å². The van der Waals surface area contributed by atoms with Crippen molar-refractivity contribution in [2.75, 3.05) is 6.61 Å². The van der Waals surface area contributed by atoms with Gasteiger partial charge >= 0.3 is 0 Å². The number of halogens is 1. The van der Waals surface area contributed by atoms with Crippen LogP contribution in [-0.4, -0.2) is 22.9 Å². The summed E-state index contributed by atoms with van der Waals surface area (Å²) in [4.78, 5) is 0. The first-order valence-electron chi connectivity index (χ1n) is 6.77. The van der Waals surface area contributed by atoms with Crippen LogP contribution in [-0.2, 0) is 13.0 Å². The molecule has 1 heterocycles. The number of hydrogen-bond donors (Lipinski definition) is 3. The van der Waals surface area contributed by atoms with Gasteiger partial charge in [0.1, 0.15) is 12.4 Å². The molecule has 0 aromatic heterocycles. The molecule has 4 nitrogen and oxygen atoms in total. The average molecular weight is 306 g/mol. The molecule has 110 valence electrons. The van der Waals surface area contributed by atoms with Crippen molar-refractivity contribution < 1.29 is 14.9 Å². The Morgan fingerprint density at radius 3 is 2.48 bits per heavy atom. The topological polar surface area (TPSA) is 61.7 Å². The fraction of sp³-hybridized carbons (Fsp3) is 0.250. The van der Waals surface area contributed by atoms with Crippen molar-refractivity contribution >= 4 is 11.6 Å². The quantitative estimate of drug-likeness (QED) is 0.763. The lowest BCUT2D eigenvalue weighted by Gasteiger charge is -2.26. The maximum Gasteiger partial charge on any atom is 0.157 e. The van der Waals surface area contributed by atoms with Gasteiger partial charge in [0.05, 0.1) is 0 Å². The van der Waals surface area contributed by atoms with Crippen LogP contribution < -0.4 is 10.1 Å². The standard InChI is InChI=1S/C16H16ClNO3/c17-12-1-3-14(4-2-12)21-9-13-5-10-6-15(19)16(20)7-11(10)8-18-13/h1-4,6-7,13,18-20H,5,8-9H2. The summed E-state index contributed by atoms with van der Waals surface area (Å²) in [5.41, 5.74) is 2.04. The molecule has 3 rings (SSSR count). The van der Waals surface area contributed by atoms with Crippen LogP contribution in [0.3, 0.4) is 0 Å². The van der Waals surface area contributed by atoms with E-state index in [4.69, 9.17) is 16.3 Å². The highest BCUT2D eigenvalue weighted by molar-refractivity contribution is 6.30. The van der Waals surface area contributed by atoms with E-state index in [-0.39, 0.29) is 17.5 Å². The van der Waals surface area contributed by atoms with Crippen LogP contribution in [0.25, 0.3) is 0 Å². The van der Waals surface area contributed by atoms with Gasteiger partial charge in [-0.3, -0.25) is 0 Å². The zero-order chi connectivity index (χ0) is 14.8. The number of hydrogen-bond acceptors (Lipinski definition) is 4. The summed E-state index contributed by atoms with van der Waals surface area (Å²) in [5, 5.41) is 23.1. The van der Waals surface area contributed by atoms with Crippen LogP contribution >= 0.6 is 11.6 Å². The van der Waals surface area contributed by atoms with E-state index in [0.29, 0.717) is 18.2 Å². The van der Waals surface area contributed by atoms with Crippen molar-refractivity contribution in [2.24, 2.45) is 0 Å². The van der Waals surface area contributed by atoms with Crippen molar-refractivity contribution in [3.05, 3.63) is 52.5 Å². The molecule has 1 aliphatic heterocycles. The molecular weight excluding hydrogens is 290 g/mol. The second-order valence-corrected chi connectivity index (χ2v) is 5.59.